The molecule has 1 saturated heterocycles. The average molecular weight is 236 g/mol. The van der Waals surface area contributed by atoms with Gasteiger partial charge >= 0.3 is 0 Å². The molecule has 1 aromatic rings. The maximum atomic E-state index is 11.8. The summed E-state index contributed by atoms with van der Waals surface area (Å²) in [5, 5.41) is 1.92. The molecule has 92 valence electrons. The van der Waals surface area contributed by atoms with Crippen LogP contribution in [0.5, 0.6) is 0 Å². The molecule has 2 heterocycles. The molecule has 0 radical (unpaired) electrons. The lowest BCUT2D eigenvalue weighted by Crippen LogP contribution is -2.45. The topological polar surface area (TPSA) is 96.2 Å². The quantitative estimate of drug-likeness (QED) is 0.500. The fourth-order valence-electron chi connectivity index (χ4n) is 1.73. The first-order valence-corrected chi connectivity index (χ1v) is 5.64. The second kappa shape index (κ2) is 5.55. The summed E-state index contributed by atoms with van der Waals surface area (Å²) in [5.74, 6) is 5.36. The molecule has 2 rings (SSSR count). The number of hydrogen-bond donors (Lipinski definition) is 3. The van der Waals surface area contributed by atoms with E-state index in [4.69, 9.17) is 5.84 Å². The summed E-state index contributed by atoms with van der Waals surface area (Å²) in [4.78, 5) is 19.7. The number of nitrogen functional groups attached to an aromatic ring is 1. The van der Waals surface area contributed by atoms with E-state index in [1.54, 1.807) is 0 Å². The lowest BCUT2D eigenvalue weighted by atomic mass is 10.2. The number of nitrogens with two attached hydrogens (primary N) is 1. The zero-order valence-corrected chi connectivity index (χ0v) is 9.52. The Balaban J connectivity index is 1.93. The van der Waals surface area contributed by atoms with Crippen LogP contribution in [0.3, 0.4) is 0 Å². The summed E-state index contributed by atoms with van der Waals surface area (Å²) >= 11 is 0. The van der Waals surface area contributed by atoms with E-state index < -0.39 is 0 Å². The molecule has 4 N–H and O–H groups in total. The second-order valence-electron chi connectivity index (χ2n) is 3.92. The molecule has 7 nitrogen and oxygen atoms in total. The highest BCUT2D eigenvalue weighted by Crippen LogP contribution is 2.06. The number of nitrogens with one attached hydrogen (secondary N) is 2. The van der Waals surface area contributed by atoms with Crippen molar-refractivity contribution >= 4 is 11.7 Å². The summed E-state index contributed by atoms with van der Waals surface area (Å²) in [7, 11) is 0. The van der Waals surface area contributed by atoms with Crippen molar-refractivity contribution in [3.05, 3.63) is 18.1 Å². The highest BCUT2D eigenvalue weighted by molar-refractivity contribution is 5.91. The van der Waals surface area contributed by atoms with Gasteiger partial charge in [-0.1, -0.05) is 6.42 Å². The molecule has 0 saturated carbocycles. The van der Waals surface area contributed by atoms with Crippen LogP contribution < -0.4 is 16.7 Å². The minimum Gasteiger partial charge on any atom is -0.307 e. The van der Waals surface area contributed by atoms with Gasteiger partial charge in [0.25, 0.3) is 5.91 Å². The molecule has 1 aromatic heterocycles. The molecule has 7 heteroatoms. The molecule has 1 aliphatic heterocycles. The van der Waals surface area contributed by atoms with Crippen molar-refractivity contribution in [2.45, 2.75) is 19.3 Å². The summed E-state index contributed by atoms with van der Waals surface area (Å²) in [6, 6.07) is 0. The number of carbonyl (C=O) groups is 1. The van der Waals surface area contributed by atoms with Gasteiger partial charge in [0.15, 0.2) is 5.82 Å². The summed E-state index contributed by atoms with van der Waals surface area (Å²) in [5.41, 5.74) is 5.46. The minimum atomic E-state index is -0.233. The van der Waals surface area contributed by atoms with E-state index >= 15 is 0 Å². The molecular formula is C10H16N6O. The first-order valence-electron chi connectivity index (χ1n) is 5.64. The lowest BCUT2D eigenvalue weighted by molar-refractivity contribution is 0.0744. The smallest absolute Gasteiger partial charge is 0.285 e. The van der Waals surface area contributed by atoms with Crippen molar-refractivity contribution < 1.29 is 4.79 Å². The van der Waals surface area contributed by atoms with Crippen molar-refractivity contribution in [1.82, 2.24) is 20.4 Å². The Morgan fingerprint density at radius 1 is 1.24 bits per heavy atom. The Morgan fingerprint density at radius 2 is 2.00 bits per heavy atom. The minimum absolute atomic E-state index is 0.233. The normalized spacial score (nSPS) is 16.5. The number of amides is 1. The van der Waals surface area contributed by atoms with Gasteiger partial charge in [-0.15, -0.1) is 0 Å². The molecule has 0 aliphatic carbocycles. The average Bonchev–Trinajstić information content (AvgIpc) is 2.40. The van der Waals surface area contributed by atoms with E-state index in [0.29, 0.717) is 5.82 Å². The van der Waals surface area contributed by atoms with Gasteiger partial charge in [0.1, 0.15) is 5.69 Å². The van der Waals surface area contributed by atoms with Gasteiger partial charge in [-0.25, -0.2) is 20.8 Å². The van der Waals surface area contributed by atoms with Crippen LogP contribution >= 0.6 is 0 Å². The highest BCUT2D eigenvalue weighted by Gasteiger charge is 2.14. The van der Waals surface area contributed by atoms with Crippen molar-refractivity contribution in [3.8, 4) is 0 Å². The summed E-state index contributed by atoms with van der Waals surface area (Å²) < 4.78 is 0. The van der Waals surface area contributed by atoms with E-state index in [2.05, 4.69) is 20.8 Å². The van der Waals surface area contributed by atoms with Crippen LogP contribution in [0.4, 0.5) is 5.82 Å². The molecule has 0 aromatic carbocycles. The van der Waals surface area contributed by atoms with Crippen molar-refractivity contribution in [2.24, 2.45) is 5.84 Å². The molecular weight excluding hydrogens is 220 g/mol. The third-order valence-corrected chi connectivity index (χ3v) is 2.65. The Hall–Kier alpha value is -1.73. The van der Waals surface area contributed by atoms with Gasteiger partial charge in [-0.05, 0) is 12.8 Å². The van der Waals surface area contributed by atoms with Gasteiger partial charge in [-0.2, -0.15) is 0 Å². The van der Waals surface area contributed by atoms with Gasteiger partial charge in [0, 0.05) is 13.1 Å². The third kappa shape index (κ3) is 3.11. The standard InChI is InChI=1S/C10H16N6O/c11-14-9-7-12-8(6-13-9)10(17)15-16-4-2-1-3-5-16/h6-7H,1-5,11H2,(H,13,14)(H,15,17). The second-order valence-corrected chi connectivity index (χ2v) is 3.92. The van der Waals surface area contributed by atoms with Crippen molar-refractivity contribution in [2.75, 3.05) is 18.5 Å². The molecule has 0 unspecified atom stereocenters. The van der Waals surface area contributed by atoms with Crippen LogP contribution in [0.1, 0.15) is 29.8 Å². The lowest BCUT2D eigenvalue weighted by Gasteiger charge is -2.26. The summed E-state index contributed by atoms with van der Waals surface area (Å²) in [6.07, 6.45) is 6.27. The molecule has 0 atom stereocenters. The Bertz CT molecular complexity index is 373. The van der Waals surface area contributed by atoms with Crippen LogP contribution in [0.15, 0.2) is 12.4 Å². The first-order chi connectivity index (χ1) is 8.29. The number of hydrogen-bond acceptors (Lipinski definition) is 6. The SMILES string of the molecule is NNc1cnc(C(=O)NN2CCCCC2)cn1. The van der Waals surface area contributed by atoms with Gasteiger partial charge in [-0.3, -0.25) is 10.2 Å². The largest absolute Gasteiger partial charge is 0.307 e. The van der Waals surface area contributed by atoms with Crippen LogP contribution in [-0.2, 0) is 0 Å². The molecule has 1 amide bonds. The zero-order valence-electron chi connectivity index (χ0n) is 9.52. The monoisotopic (exact) mass is 236 g/mol. The van der Waals surface area contributed by atoms with E-state index in [1.165, 1.54) is 18.8 Å². The maximum Gasteiger partial charge on any atom is 0.285 e. The number of anilines is 1. The van der Waals surface area contributed by atoms with Crippen LogP contribution in [0.2, 0.25) is 0 Å². The Morgan fingerprint density at radius 3 is 2.59 bits per heavy atom. The molecule has 0 spiro atoms. The van der Waals surface area contributed by atoms with E-state index in [-0.39, 0.29) is 11.6 Å². The Kier molecular flexibility index (Phi) is 3.84. The van der Waals surface area contributed by atoms with Crippen LogP contribution in [0.25, 0.3) is 0 Å². The third-order valence-electron chi connectivity index (χ3n) is 2.65. The molecule has 1 fully saturated rings. The summed E-state index contributed by atoms with van der Waals surface area (Å²) in [6.45, 7) is 1.78. The number of rotatable bonds is 3. The number of carbonyl (C=O) groups excluding carboxylic acids is 1. The first kappa shape index (κ1) is 11.7. The number of hydrazine groups is 2. The van der Waals surface area contributed by atoms with E-state index in [9.17, 15) is 4.79 Å². The number of piperidine rings is 1. The fourth-order valence-corrected chi connectivity index (χ4v) is 1.73. The highest BCUT2D eigenvalue weighted by atomic mass is 16.2. The van der Waals surface area contributed by atoms with Crippen molar-refractivity contribution in [3.63, 3.8) is 0 Å². The number of nitrogens with zero attached hydrogens (tertiary/aromatic N) is 3. The predicted molar refractivity (Wildman–Crippen MR) is 62.7 cm³/mol. The predicted octanol–water partition coefficient (Wildman–Crippen LogP) is -0.107. The molecule has 0 bridgehead atoms. The zero-order chi connectivity index (χ0) is 12.1. The Labute approximate surface area is 99.4 Å². The molecule has 17 heavy (non-hydrogen) atoms. The van der Waals surface area contributed by atoms with Gasteiger partial charge in [0.2, 0.25) is 0 Å². The van der Waals surface area contributed by atoms with E-state index in [0.717, 1.165) is 25.9 Å². The van der Waals surface area contributed by atoms with Crippen molar-refractivity contribution in [1.29, 1.82) is 0 Å². The number of aromatic nitrogens is 2. The fraction of sp³-hybridized carbons (Fsp3) is 0.500. The van der Waals surface area contributed by atoms with Crippen LogP contribution in [-0.4, -0.2) is 34.0 Å². The van der Waals surface area contributed by atoms with Crippen LogP contribution in [0, 0.1) is 0 Å². The van der Waals surface area contributed by atoms with Gasteiger partial charge < -0.3 is 5.43 Å². The maximum absolute atomic E-state index is 11.8. The van der Waals surface area contributed by atoms with Gasteiger partial charge in [0.05, 0.1) is 12.4 Å². The van der Waals surface area contributed by atoms with E-state index in [1.807, 2.05) is 5.01 Å². The molecule has 1 aliphatic rings.